The number of H-pyrrole nitrogens is 1. The molecule has 0 radical (unpaired) electrons. The van der Waals surface area contributed by atoms with Gasteiger partial charge >= 0.3 is 7.60 Å². The van der Waals surface area contributed by atoms with Crippen molar-refractivity contribution in [3.8, 4) is 10.4 Å². The van der Waals surface area contributed by atoms with Gasteiger partial charge in [-0.15, -0.1) is 11.3 Å². The number of fused-ring (bicyclic) bond motifs is 1. The fourth-order valence-electron chi connectivity index (χ4n) is 11.5. The number of carbonyl (C=O) groups is 9. The first-order chi connectivity index (χ1) is 41.7. The van der Waals surface area contributed by atoms with Crippen molar-refractivity contribution in [3.63, 3.8) is 0 Å². The number of aromatic amines is 1. The van der Waals surface area contributed by atoms with Crippen LogP contribution >= 0.6 is 30.5 Å². The van der Waals surface area contributed by atoms with Crippen molar-refractivity contribution in [2.24, 2.45) is 11.1 Å². The van der Waals surface area contributed by atoms with Gasteiger partial charge in [-0.1, -0.05) is 87.0 Å². The summed E-state index contributed by atoms with van der Waals surface area (Å²) in [4.78, 5) is 153. The molecule has 11 N–H and O–H groups in total. The number of hydrogen-bond donors (Lipinski definition) is 10. The number of β-amino-alcohol motifs (C(OH)–C–C–N with tert-alkyl or cyclic N) is 1. The molecule has 23 nitrogen and oxygen atoms in total. The van der Waals surface area contributed by atoms with Crippen molar-refractivity contribution in [2.75, 3.05) is 16.8 Å². The number of aryl methyl sites for hydroxylation is 3. The molecule has 2 aromatic heterocycles. The highest BCUT2D eigenvalue weighted by Crippen LogP contribution is 2.41. The topological polar surface area (TPSA) is 353 Å². The third-order valence-corrected chi connectivity index (χ3v) is 18.4. The number of amides is 8. The number of nitrogens with two attached hydrogens (primary N) is 1. The average molecular weight is 1260 g/mol. The van der Waals surface area contributed by atoms with Crippen molar-refractivity contribution in [1.82, 2.24) is 36.1 Å². The van der Waals surface area contributed by atoms with E-state index < -0.39 is 108 Å². The van der Waals surface area contributed by atoms with Crippen LogP contribution in [-0.2, 0) is 57.4 Å². The third-order valence-electron chi connectivity index (χ3n) is 16.2. The Hall–Kier alpha value is -8.12. The summed E-state index contributed by atoms with van der Waals surface area (Å²) in [6, 6.07) is 17.3. The number of aliphatic hydroxyl groups excluding tert-OH is 1. The fraction of sp³-hybridized carbons (Fsp3) is 0.387. The molecule has 26 heteroatoms. The Morgan fingerprint density at radius 3 is 2.31 bits per heavy atom. The van der Waals surface area contributed by atoms with E-state index in [0.29, 0.717) is 53.4 Å². The maximum absolute atomic E-state index is 14.6. The lowest BCUT2D eigenvalue weighted by atomic mass is 9.85. The Morgan fingerprint density at radius 1 is 0.898 bits per heavy atom. The highest BCUT2D eigenvalue weighted by atomic mass is 35.5. The molecule has 0 bridgehead atoms. The first-order valence-electron chi connectivity index (χ1n) is 28.9. The quantitative estimate of drug-likeness (QED) is 0.0274. The zero-order valence-electron chi connectivity index (χ0n) is 49.1. The number of hydrogen-bond acceptors (Lipinski definition) is 13. The Balaban J connectivity index is 0.798. The smallest absolute Gasteiger partial charge is 0.391 e. The van der Waals surface area contributed by atoms with Gasteiger partial charge in [0.15, 0.2) is 0 Å². The Bertz CT molecular complexity index is 3780. The minimum Gasteiger partial charge on any atom is -0.391 e. The minimum absolute atomic E-state index is 0.00999. The monoisotopic (exact) mass is 1260 g/mol. The van der Waals surface area contributed by atoms with E-state index in [2.05, 4.69) is 36.6 Å². The number of primary amides is 1. The lowest BCUT2D eigenvalue weighted by molar-refractivity contribution is -0.144. The van der Waals surface area contributed by atoms with E-state index in [-0.39, 0.29) is 67.0 Å². The second-order valence-corrected chi connectivity index (χ2v) is 26.4. The number of aliphatic hydroxyl groups is 1. The average Bonchev–Trinajstić information content (AvgIpc) is 1.93. The molecule has 3 aliphatic rings. The molecule has 8 amide bonds. The van der Waals surface area contributed by atoms with Gasteiger partial charge in [-0.05, 0) is 116 Å². The fourth-order valence-corrected chi connectivity index (χ4v) is 13.1. The van der Waals surface area contributed by atoms with Gasteiger partial charge in [-0.3, -0.25) is 52.6 Å². The second kappa shape index (κ2) is 26.7. The van der Waals surface area contributed by atoms with Gasteiger partial charge < -0.3 is 57.1 Å². The molecule has 0 saturated carbocycles. The minimum atomic E-state index is -5.08. The number of likely N-dealkylation sites (tertiary alicyclic amines) is 1. The molecular formula is C62H70ClN10O13PS. The summed E-state index contributed by atoms with van der Waals surface area (Å²) in [6.07, 6.45) is 0.373. The highest BCUT2D eigenvalue weighted by Gasteiger charge is 2.47. The highest BCUT2D eigenvalue weighted by molar-refractivity contribution is 7.70. The largest absolute Gasteiger partial charge is 0.396 e. The maximum Gasteiger partial charge on any atom is 0.396 e. The van der Waals surface area contributed by atoms with Crippen molar-refractivity contribution >= 4 is 106 Å². The SMILES string of the molecule is Cc1ncsc1-c1ccc([C@H](C)NC(=O)[C@@H]2C[C@@H](O)CN2C(=O)[C@@H](NC(=O)CCCCc2cccc(NC(=O)C(CCC(N)=O)NC(=O)[C@@H]3Cc4cccc5c4N3C(=O)[C@@H](NC(=O)c3cc4cc(C(=O)P(=O)(O)O)ccc4[nH]3)CC5)c2Cl)C(C)(C)C)cc1. The molecule has 6 aromatic rings. The molecule has 7 atom stereocenters. The summed E-state index contributed by atoms with van der Waals surface area (Å²) in [5, 5.41) is 25.5. The summed E-state index contributed by atoms with van der Waals surface area (Å²) in [7, 11) is -5.08. The zero-order chi connectivity index (χ0) is 63.5. The standard InChI is InChI=1S/C62H70ClN10O13PS/c1-32(34-16-18-37(19-17-34)53-33(2)65-31-88-53)66-57(79)47-29-41(74)30-72(47)60(82)54(62(3,4)5)71-50(76)15-7-6-10-35-11-9-14-43(51(35)63)68-55(77)44(24-25-49(64)75)69-58(80)48-28-38-13-8-12-36-20-23-45(59(81)73(48)52(36)38)70-56(78)46-27-40-26-39(21-22-42(40)67-46)61(83)87(84,85)86/h8-9,11-14,16-19,21-22,26-27,31-32,41,44-45,47-48,54,67,74H,6-7,10,15,20,23-25,28-30H2,1-5H3,(H2,64,75)(H,66,79)(H,68,77)(H,69,80)(H,70,78)(H,71,76)(H2,84,85,86)/t32-,41+,44?,45-,47-,48-,54+/m0/s1. The second-order valence-electron chi connectivity index (χ2n) is 23.7. The van der Waals surface area contributed by atoms with Gasteiger partial charge in [-0.2, -0.15) is 0 Å². The first-order valence-corrected chi connectivity index (χ1v) is 31.8. The molecule has 464 valence electrons. The van der Waals surface area contributed by atoms with Crippen LogP contribution in [0, 0.1) is 12.3 Å². The number of nitrogens with zero attached hydrogens (tertiary/aromatic N) is 3. The summed E-state index contributed by atoms with van der Waals surface area (Å²) >= 11 is 8.45. The first kappa shape index (κ1) is 64.4. The summed E-state index contributed by atoms with van der Waals surface area (Å²) in [5.74, 6) is -4.81. The van der Waals surface area contributed by atoms with Crippen LogP contribution in [0.4, 0.5) is 11.4 Å². The predicted molar refractivity (Wildman–Crippen MR) is 330 cm³/mol. The summed E-state index contributed by atoms with van der Waals surface area (Å²) in [5.41, 5.74) is 10.8. The molecule has 88 heavy (non-hydrogen) atoms. The number of thiazole rings is 1. The number of unbranched alkanes of at least 4 members (excludes halogenated alkanes) is 1. The Labute approximate surface area is 516 Å². The molecule has 4 aromatic carbocycles. The van der Waals surface area contributed by atoms with E-state index in [4.69, 9.17) is 17.3 Å². The van der Waals surface area contributed by atoms with Crippen LogP contribution in [0.2, 0.25) is 5.02 Å². The van der Waals surface area contributed by atoms with Crippen molar-refractivity contribution < 1.29 is 62.6 Å². The van der Waals surface area contributed by atoms with Gasteiger partial charge in [0.05, 0.1) is 44.6 Å². The molecule has 0 aliphatic carbocycles. The number of benzene rings is 4. The molecule has 3 aliphatic heterocycles. The number of rotatable bonds is 22. The lowest BCUT2D eigenvalue weighted by Gasteiger charge is -2.35. The number of carbonyl (C=O) groups excluding carboxylic acids is 9. The molecule has 1 unspecified atom stereocenters. The maximum atomic E-state index is 14.6. The third kappa shape index (κ3) is 14.5. The number of para-hydroxylation sites is 1. The van der Waals surface area contributed by atoms with Gasteiger partial charge in [0.2, 0.25) is 41.4 Å². The van der Waals surface area contributed by atoms with E-state index in [0.717, 1.165) is 27.3 Å². The van der Waals surface area contributed by atoms with E-state index in [1.807, 2.05) is 65.0 Å². The predicted octanol–water partition coefficient (Wildman–Crippen LogP) is 6.05. The normalized spacial score (nSPS) is 18.4. The van der Waals surface area contributed by atoms with Crippen molar-refractivity contribution in [2.45, 2.75) is 141 Å². The van der Waals surface area contributed by atoms with Crippen LogP contribution in [0.15, 0.2) is 90.4 Å². The van der Waals surface area contributed by atoms with E-state index in [1.165, 1.54) is 34.1 Å². The van der Waals surface area contributed by atoms with Crippen molar-refractivity contribution in [1.29, 1.82) is 0 Å². The number of anilines is 2. The summed E-state index contributed by atoms with van der Waals surface area (Å²) in [6.45, 7) is 9.14. The van der Waals surface area contributed by atoms with Crippen LogP contribution in [-0.4, -0.2) is 125 Å². The van der Waals surface area contributed by atoms with Gasteiger partial charge in [0, 0.05) is 48.7 Å². The molecule has 5 heterocycles. The zero-order valence-corrected chi connectivity index (χ0v) is 51.5. The van der Waals surface area contributed by atoms with Crippen LogP contribution in [0.5, 0.6) is 0 Å². The molecule has 1 fully saturated rings. The molecule has 1 saturated heterocycles. The van der Waals surface area contributed by atoms with E-state index in [9.17, 15) is 62.6 Å². The number of aromatic nitrogens is 2. The van der Waals surface area contributed by atoms with Gasteiger partial charge in [0.25, 0.3) is 11.4 Å². The number of halogens is 1. The Morgan fingerprint density at radius 2 is 1.61 bits per heavy atom. The van der Waals surface area contributed by atoms with Gasteiger partial charge in [0.1, 0.15) is 35.9 Å². The molecule has 0 spiro atoms. The van der Waals surface area contributed by atoms with Crippen LogP contribution in [0.3, 0.4) is 0 Å². The van der Waals surface area contributed by atoms with Crippen molar-refractivity contribution in [3.05, 3.63) is 135 Å². The summed E-state index contributed by atoms with van der Waals surface area (Å²) < 4.78 is 11.6. The number of nitrogens with one attached hydrogen (secondary N) is 6. The molecular weight excluding hydrogens is 1190 g/mol. The van der Waals surface area contributed by atoms with Crippen LogP contribution < -0.4 is 37.2 Å². The van der Waals surface area contributed by atoms with E-state index in [1.54, 1.807) is 47.2 Å². The molecule has 9 rings (SSSR count). The van der Waals surface area contributed by atoms with E-state index >= 15 is 0 Å². The Kier molecular flexibility index (Phi) is 19.5. The van der Waals surface area contributed by atoms with Gasteiger partial charge in [-0.25, -0.2) is 4.98 Å². The van der Waals surface area contributed by atoms with Crippen LogP contribution in [0.1, 0.15) is 127 Å². The van der Waals surface area contributed by atoms with Crippen LogP contribution in [0.25, 0.3) is 21.3 Å². The lowest BCUT2D eigenvalue weighted by Crippen LogP contribution is -2.57.